The molecule has 0 amide bonds. The first kappa shape index (κ1) is 12.9. The van der Waals surface area contributed by atoms with Crippen LogP contribution in [0.1, 0.15) is 26.7 Å². The summed E-state index contributed by atoms with van der Waals surface area (Å²) in [5.74, 6) is 1.45. The smallest absolute Gasteiger partial charge is 0.0469 e. The Morgan fingerprint density at radius 2 is 2.07 bits per heavy atom. The molecule has 0 aliphatic carbocycles. The Hall–Kier alpha value is -0.120. The lowest BCUT2D eigenvalue weighted by Crippen LogP contribution is -2.36. The van der Waals surface area contributed by atoms with E-state index in [1.807, 2.05) is 0 Å². The number of hydrogen-bond acceptors (Lipinski definition) is 3. The van der Waals surface area contributed by atoms with Crippen molar-refractivity contribution in [1.29, 1.82) is 0 Å². The summed E-state index contributed by atoms with van der Waals surface area (Å²) < 4.78 is 5.38. The minimum atomic E-state index is 0.616. The maximum atomic E-state index is 5.66. The first-order chi connectivity index (χ1) is 7.26. The largest absolute Gasteiger partial charge is 0.381 e. The zero-order valence-electron chi connectivity index (χ0n) is 10.2. The van der Waals surface area contributed by atoms with Gasteiger partial charge in [0, 0.05) is 26.3 Å². The number of rotatable bonds is 6. The van der Waals surface area contributed by atoms with Gasteiger partial charge in [-0.3, -0.25) is 0 Å². The highest BCUT2D eigenvalue weighted by atomic mass is 16.5. The summed E-state index contributed by atoms with van der Waals surface area (Å²) in [5, 5.41) is 0. The van der Waals surface area contributed by atoms with E-state index in [1.54, 1.807) is 0 Å². The third-order valence-electron chi connectivity index (χ3n) is 3.28. The van der Waals surface area contributed by atoms with Gasteiger partial charge in [-0.05, 0) is 37.8 Å². The predicted octanol–water partition coefficient (Wildman–Crippen LogP) is 1.33. The molecule has 0 aromatic rings. The van der Waals surface area contributed by atoms with E-state index in [0.717, 1.165) is 38.8 Å². The summed E-state index contributed by atoms with van der Waals surface area (Å²) in [6, 6.07) is 0. The fourth-order valence-corrected chi connectivity index (χ4v) is 2.14. The SMILES string of the molecule is CCN(CC(C)CN)CC1CCOCC1. The lowest BCUT2D eigenvalue weighted by atomic mass is 9.99. The molecule has 0 saturated carbocycles. The predicted molar refractivity (Wildman–Crippen MR) is 63.9 cm³/mol. The Balaban J connectivity index is 2.25. The number of hydrogen-bond donors (Lipinski definition) is 1. The van der Waals surface area contributed by atoms with Crippen molar-refractivity contribution in [3.8, 4) is 0 Å². The fourth-order valence-electron chi connectivity index (χ4n) is 2.14. The van der Waals surface area contributed by atoms with Gasteiger partial charge in [0.05, 0.1) is 0 Å². The lowest BCUT2D eigenvalue weighted by Gasteiger charge is -2.30. The Morgan fingerprint density at radius 3 is 2.60 bits per heavy atom. The van der Waals surface area contributed by atoms with Crippen molar-refractivity contribution in [3.05, 3.63) is 0 Å². The van der Waals surface area contributed by atoms with Crippen LogP contribution in [0.15, 0.2) is 0 Å². The van der Waals surface area contributed by atoms with Crippen LogP contribution in [0.2, 0.25) is 0 Å². The van der Waals surface area contributed by atoms with Crippen molar-refractivity contribution in [3.63, 3.8) is 0 Å². The molecular formula is C12H26N2O. The van der Waals surface area contributed by atoms with Gasteiger partial charge < -0.3 is 15.4 Å². The first-order valence-corrected chi connectivity index (χ1v) is 6.26. The molecule has 2 N–H and O–H groups in total. The van der Waals surface area contributed by atoms with Crippen molar-refractivity contribution in [2.45, 2.75) is 26.7 Å². The van der Waals surface area contributed by atoms with Crippen molar-refractivity contribution >= 4 is 0 Å². The van der Waals surface area contributed by atoms with E-state index in [4.69, 9.17) is 10.5 Å². The van der Waals surface area contributed by atoms with Gasteiger partial charge in [-0.2, -0.15) is 0 Å². The van der Waals surface area contributed by atoms with Crippen molar-refractivity contribution < 1.29 is 4.74 Å². The lowest BCUT2D eigenvalue weighted by molar-refractivity contribution is 0.0515. The molecule has 1 heterocycles. The van der Waals surface area contributed by atoms with Gasteiger partial charge in [-0.1, -0.05) is 13.8 Å². The van der Waals surface area contributed by atoms with Crippen LogP contribution in [0.5, 0.6) is 0 Å². The van der Waals surface area contributed by atoms with Gasteiger partial charge in [0.1, 0.15) is 0 Å². The molecule has 3 nitrogen and oxygen atoms in total. The second-order valence-corrected chi connectivity index (χ2v) is 4.75. The van der Waals surface area contributed by atoms with Crippen LogP contribution < -0.4 is 5.73 Å². The molecule has 0 bridgehead atoms. The zero-order valence-corrected chi connectivity index (χ0v) is 10.2. The second kappa shape index (κ2) is 7.20. The highest BCUT2D eigenvalue weighted by Crippen LogP contribution is 2.16. The third kappa shape index (κ3) is 4.96. The maximum Gasteiger partial charge on any atom is 0.0469 e. The number of nitrogens with two attached hydrogens (primary N) is 1. The molecule has 1 fully saturated rings. The molecule has 0 spiro atoms. The van der Waals surface area contributed by atoms with Gasteiger partial charge in [-0.15, -0.1) is 0 Å². The normalized spacial score (nSPS) is 20.8. The van der Waals surface area contributed by atoms with E-state index in [9.17, 15) is 0 Å². The van der Waals surface area contributed by atoms with Gasteiger partial charge >= 0.3 is 0 Å². The van der Waals surface area contributed by atoms with E-state index < -0.39 is 0 Å². The fraction of sp³-hybridized carbons (Fsp3) is 1.00. The van der Waals surface area contributed by atoms with Gasteiger partial charge in [-0.25, -0.2) is 0 Å². The molecule has 0 aromatic heterocycles. The first-order valence-electron chi connectivity index (χ1n) is 6.26. The Kier molecular flexibility index (Phi) is 6.22. The molecule has 3 heteroatoms. The van der Waals surface area contributed by atoms with Crippen LogP contribution >= 0.6 is 0 Å². The molecule has 1 unspecified atom stereocenters. The Bertz CT molecular complexity index is 158. The summed E-state index contributed by atoms with van der Waals surface area (Å²) in [6.07, 6.45) is 2.46. The molecule has 1 rings (SSSR count). The average Bonchev–Trinajstić information content (AvgIpc) is 2.29. The zero-order chi connectivity index (χ0) is 11.1. The number of ether oxygens (including phenoxy) is 1. The molecule has 1 atom stereocenters. The van der Waals surface area contributed by atoms with E-state index in [2.05, 4.69) is 18.7 Å². The van der Waals surface area contributed by atoms with E-state index in [0.29, 0.717) is 5.92 Å². The Labute approximate surface area is 94.0 Å². The van der Waals surface area contributed by atoms with Crippen LogP contribution in [-0.2, 0) is 4.74 Å². The van der Waals surface area contributed by atoms with Crippen LogP contribution in [-0.4, -0.2) is 44.3 Å². The van der Waals surface area contributed by atoms with Crippen LogP contribution in [0.4, 0.5) is 0 Å². The molecule has 90 valence electrons. The summed E-state index contributed by atoms with van der Waals surface area (Å²) in [7, 11) is 0. The maximum absolute atomic E-state index is 5.66. The van der Waals surface area contributed by atoms with Gasteiger partial charge in [0.25, 0.3) is 0 Å². The van der Waals surface area contributed by atoms with Crippen LogP contribution in [0, 0.1) is 11.8 Å². The van der Waals surface area contributed by atoms with Crippen molar-refractivity contribution in [2.24, 2.45) is 17.6 Å². The quantitative estimate of drug-likeness (QED) is 0.725. The molecule has 1 saturated heterocycles. The minimum absolute atomic E-state index is 0.616. The van der Waals surface area contributed by atoms with Crippen LogP contribution in [0.3, 0.4) is 0 Å². The van der Waals surface area contributed by atoms with Crippen LogP contribution in [0.25, 0.3) is 0 Å². The average molecular weight is 214 g/mol. The van der Waals surface area contributed by atoms with Crippen molar-refractivity contribution in [2.75, 3.05) is 39.4 Å². The summed E-state index contributed by atoms with van der Waals surface area (Å²) in [6.45, 7) is 10.7. The highest BCUT2D eigenvalue weighted by molar-refractivity contribution is 4.70. The summed E-state index contributed by atoms with van der Waals surface area (Å²) in [4.78, 5) is 2.54. The molecule has 0 radical (unpaired) electrons. The Morgan fingerprint density at radius 1 is 1.40 bits per heavy atom. The second-order valence-electron chi connectivity index (χ2n) is 4.75. The molecule has 0 aromatic carbocycles. The standard InChI is InChI=1S/C12H26N2O/c1-3-14(9-11(2)8-13)10-12-4-6-15-7-5-12/h11-12H,3-10,13H2,1-2H3. The third-order valence-corrected chi connectivity index (χ3v) is 3.28. The number of nitrogens with zero attached hydrogens (tertiary/aromatic N) is 1. The molecule has 1 aliphatic rings. The summed E-state index contributed by atoms with van der Waals surface area (Å²) >= 11 is 0. The van der Waals surface area contributed by atoms with Crippen molar-refractivity contribution in [1.82, 2.24) is 4.90 Å². The van der Waals surface area contributed by atoms with E-state index in [1.165, 1.54) is 19.4 Å². The molecule has 15 heavy (non-hydrogen) atoms. The molecular weight excluding hydrogens is 188 g/mol. The monoisotopic (exact) mass is 214 g/mol. The topological polar surface area (TPSA) is 38.5 Å². The van der Waals surface area contributed by atoms with E-state index in [-0.39, 0.29) is 0 Å². The van der Waals surface area contributed by atoms with Gasteiger partial charge in [0.2, 0.25) is 0 Å². The van der Waals surface area contributed by atoms with E-state index >= 15 is 0 Å². The highest BCUT2D eigenvalue weighted by Gasteiger charge is 2.17. The van der Waals surface area contributed by atoms with Gasteiger partial charge in [0.15, 0.2) is 0 Å². The minimum Gasteiger partial charge on any atom is -0.381 e. The molecule has 1 aliphatic heterocycles. The summed E-state index contributed by atoms with van der Waals surface area (Å²) in [5.41, 5.74) is 5.66.